The smallest absolute Gasteiger partial charge is 0.252 e. The molecule has 2 heterocycles. The molecule has 0 saturated heterocycles. The molecule has 8 heteroatoms. The Morgan fingerprint density at radius 1 is 1.11 bits per heavy atom. The minimum absolute atomic E-state index is 0.166. The van der Waals surface area contributed by atoms with Gasteiger partial charge >= 0.3 is 0 Å². The summed E-state index contributed by atoms with van der Waals surface area (Å²) in [6.07, 6.45) is 2.26. The summed E-state index contributed by atoms with van der Waals surface area (Å²) in [7, 11) is 0. The molecule has 0 atom stereocenters. The quantitative estimate of drug-likeness (QED) is 0.615. The third kappa shape index (κ3) is 4.98. The lowest BCUT2D eigenvalue weighted by molar-refractivity contribution is 0.0954. The third-order valence-electron chi connectivity index (χ3n) is 4.10. The van der Waals surface area contributed by atoms with Gasteiger partial charge in [0.15, 0.2) is 5.82 Å². The SMILES string of the molecule is CCCc1nc(C)cc(-c2ccc(C(=O)NCCc3noc(CO)n3)cc2)n1. The van der Waals surface area contributed by atoms with E-state index in [-0.39, 0.29) is 18.4 Å². The van der Waals surface area contributed by atoms with Crippen LogP contribution in [0.2, 0.25) is 0 Å². The van der Waals surface area contributed by atoms with Crippen LogP contribution in [-0.4, -0.2) is 37.7 Å². The van der Waals surface area contributed by atoms with E-state index in [9.17, 15) is 4.79 Å². The van der Waals surface area contributed by atoms with Gasteiger partial charge in [0.2, 0.25) is 0 Å². The molecule has 2 aromatic heterocycles. The fraction of sp³-hybridized carbons (Fsp3) is 0.350. The van der Waals surface area contributed by atoms with E-state index in [1.165, 1.54) is 0 Å². The number of amides is 1. The molecule has 28 heavy (non-hydrogen) atoms. The number of carbonyl (C=O) groups is 1. The van der Waals surface area contributed by atoms with E-state index < -0.39 is 0 Å². The molecule has 0 radical (unpaired) electrons. The van der Waals surface area contributed by atoms with Crippen LogP contribution >= 0.6 is 0 Å². The van der Waals surface area contributed by atoms with E-state index in [4.69, 9.17) is 9.63 Å². The number of rotatable bonds is 8. The van der Waals surface area contributed by atoms with Crippen molar-refractivity contribution in [1.29, 1.82) is 0 Å². The number of aliphatic hydroxyl groups excluding tert-OH is 1. The summed E-state index contributed by atoms with van der Waals surface area (Å²) >= 11 is 0. The van der Waals surface area contributed by atoms with Crippen LogP contribution in [0.1, 0.15) is 46.9 Å². The van der Waals surface area contributed by atoms with Crippen molar-refractivity contribution >= 4 is 5.91 Å². The largest absolute Gasteiger partial charge is 0.387 e. The molecule has 8 nitrogen and oxygen atoms in total. The summed E-state index contributed by atoms with van der Waals surface area (Å²) in [4.78, 5) is 25.3. The van der Waals surface area contributed by atoms with E-state index >= 15 is 0 Å². The van der Waals surface area contributed by atoms with Crippen LogP contribution in [-0.2, 0) is 19.4 Å². The van der Waals surface area contributed by atoms with E-state index in [0.717, 1.165) is 35.6 Å². The average molecular weight is 381 g/mol. The number of aryl methyl sites for hydroxylation is 2. The molecule has 2 N–H and O–H groups in total. The number of aliphatic hydroxyl groups is 1. The van der Waals surface area contributed by atoms with Gasteiger partial charge < -0.3 is 14.9 Å². The van der Waals surface area contributed by atoms with Crippen molar-refractivity contribution in [2.24, 2.45) is 0 Å². The van der Waals surface area contributed by atoms with Gasteiger partial charge in [-0.05, 0) is 31.5 Å². The topological polar surface area (TPSA) is 114 Å². The lowest BCUT2D eigenvalue weighted by atomic mass is 10.1. The maximum absolute atomic E-state index is 12.3. The van der Waals surface area contributed by atoms with Crippen molar-refractivity contribution < 1.29 is 14.4 Å². The summed E-state index contributed by atoms with van der Waals surface area (Å²) < 4.78 is 4.81. The van der Waals surface area contributed by atoms with Crippen molar-refractivity contribution in [2.45, 2.75) is 39.7 Å². The first-order chi connectivity index (χ1) is 13.6. The molecule has 0 aliphatic carbocycles. The number of benzene rings is 1. The standard InChI is InChI=1S/C20H23N5O3/c1-3-4-17-22-13(2)11-16(23-17)14-5-7-15(8-6-14)20(27)21-10-9-18-24-19(12-26)28-25-18/h5-8,11,26H,3-4,9-10,12H2,1-2H3,(H,21,27). The van der Waals surface area contributed by atoms with Gasteiger partial charge in [-0.1, -0.05) is 24.2 Å². The predicted octanol–water partition coefficient (Wildman–Crippen LogP) is 2.25. The Kier molecular flexibility index (Phi) is 6.44. The molecular formula is C20H23N5O3. The molecule has 3 aromatic rings. The van der Waals surface area contributed by atoms with Gasteiger partial charge in [-0.25, -0.2) is 9.97 Å². The zero-order valence-electron chi connectivity index (χ0n) is 16.0. The Labute approximate surface area is 163 Å². The van der Waals surface area contributed by atoms with Gasteiger partial charge in [-0.2, -0.15) is 4.98 Å². The zero-order valence-corrected chi connectivity index (χ0v) is 16.0. The fourth-order valence-electron chi connectivity index (χ4n) is 2.75. The molecule has 0 spiro atoms. The normalized spacial score (nSPS) is 10.8. The minimum atomic E-state index is -0.294. The van der Waals surface area contributed by atoms with Gasteiger partial charge in [0, 0.05) is 36.2 Å². The zero-order chi connectivity index (χ0) is 19.9. The Bertz CT molecular complexity index is 937. The monoisotopic (exact) mass is 381 g/mol. The molecule has 1 amide bonds. The first kappa shape index (κ1) is 19.6. The summed E-state index contributed by atoms with van der Waals surface area (Å²) in [6, 6.07) is 9.28. The highest BCUT2D eigenvalue weighted by Gasteiger charge is 2.09. The second-order valence-electron chi connectivity index (χ2n) is 6.41. The van der Waals surface area contributed by atoms with Crippen LogP contribution in [0.5, 0.6) is 0 Å². The summed E-state index contributed by atoms with van der Waals surface area (Å²) in [5.74, 6) is 1.27. The van der Waals surface area contributed by atoms with Gasteiger partial charge in [-0.3, -0.25) is 4.79 Å². The maximum atomic E-state index is 12.3. The highest BCUT2D eigenvalue weighted by atomic mass is 16.5. The highest BCUT2D eigenvalue weighted by molar-refractivity contribution is 5.94. The number of carbonyl (C=O) groups excluding carboxylic acids is 1. The Morgan fingerprint density at radius 3 is 2.57 bits per heavy atom. The number of hydrogen-bond donors (Lipinski definition) is 2. The number of aromatic nitrogens is 4. The molecule has 3 rings (SSSR count). The fourth-order valence-corrected chi connectivity index (χ4v) is 2.75. The second-order valence-corrected chi connectivity index (χ2v) is 6.41. The van der Waals surface area contributed by atoms with E-state index in [2.05, 4.69) is 32.3 Å². The highest BCUT2D eigenvalue weighted by Crippen LogP contribution is 2.19. The van der Waals surface area contributed by atoms with Crippen molar-refractivity contribution in [3.63, 3.8) is 0 Å². The van der Waals surface area contributed by atoms with Gasteiger partial charge in [0.05, 0.1) is 5.69 Å². The number of hydrogen-bond acceptors (Lipinski definition) is 7. The van der Waals surface area contributed by atoms with Crippen LogP contribution in [0.25, 0.3) is 11.3 Å². The molecule has 146 valence electrons. The van der Waals surface area contributed by atoms with Crippen molar-refractivity contribution in [3.05, 3.63) is 59.1 Å². The van der Waals surface area contributed by atoms with E-state index in [1.807, 2.05) is 25.1 Å². The molecule has 0 bridgehead atoms. The van der Waals surface area contributed by atoms with Crippen LogP contribution in [0, 0.1) is 6.92 Å². The first-order valence-corrected chi connectivity index (χ1v) is 9.24. The second kappa shape index (κ2) is 9.18. The van der Waals surface area contributed by atoms with Crippen molar-refractivity contribution in [2.75, 3.05) is 6.54 Å². The average Bonchev–Trinajstić information content (AvgIpc) is 3.16. The summed E-state index contributed by atoms with van der Waals surface area (Å²) in [5.41, 5.74) is 3.30. The van der Waals surface area contributed by atoms with Gasteiger partial charge in [0.1, 0.15) is 12.4 Å². The first-order valence-electron chi connectivity index (χ1n) is 9.24. The number of nitrogens with one attached hydrogen (secondary N) is 1. The van der Waals surface area contributed by atoms with E-state index in [0.29, 0.717) is 24.4 Å². The predicted molar refractivity (Wildman–Crippen MR) is 102 cm³/mol. The molecule has 1 aromatic carbocycles. The minimum Gasteiger partial charge on any atom is -0.387 e. The molecule has 0 aliphatic heterocycles. The molecule has 0 unspecified atom stereocenters. The maximum Gasteiger partial charge on any atom is 0.252 e. The molecule has 0 saturated carbocycles. The van der Waals surface area contributed by atoms with Crippen LogP contribution in [0.4, 0.5) is 0 Å². The van der Waals surface area contributed by atoms with E-state index in [1.54, 1.807) is 12.1 Å². The lowest BCUT2D eigenvalue weighted by Gasteiger charge is -2.07. The van der Waals surface area contributed by atoms with Crippen LogP contribution in [0.15, 0.2) is 34.9 Å². The lowest BCUT2D eigenvalue weighted by Crippen LogP contribution is -2.25. The summed E-state index contributed by atoms with van der Waals surface area (Å²) in [6.45, 7) is 4.14. The van der Waals surface area contributed by atoms with Crippen LogP contribution in [0.3, 0.4) is 0 Å². The van der Waals surface area contributed by atoms with Crippen LogP contribution < -0.4 is 5.32 Å². The molecular weight excluding hydrogens is 358 g/mol. The Balaban J connectivity index is 1.61. The summed E-state index contributed by atoms with van der Waals surface area (Å²) in [5, 5.41) is 15.4. The van der Waals surface area contributed by atoms with Crippen molar-refractivity contribution in [3.8, 4) is 11.3 Å². The third-order valence-corrected chi connectivity index (χ3v) is 4.10. The van der Waals surface area contributed by atoms with Gasteiger partial charge in [0.25, 0.3) is 11.8 Å². The van der Waals surface area contributed by atoms with Gasteiger partial charge in [-0.15, -0.1) is 0 Å². The Morgan fingerprint density at radius 2 is 1.89 bits per heavy atom. The number of nitrogens with zero attached hydrogens (tertiary/aromatic N) is 4. The Hall–Kier alpha value is -3.13. The van der Waals surface area contributed by atoms with Crippen molar-refractivity contribution in [1.82, 2.24) is 25.4 Å². The molecule has 0 aliphatic rings. The molecule has 0 fully saturated rings.